The van der Waals surface area contributed by atoms with Crippen LogP contribution in [0.4, 0.5) is 8.78 Å². The van der Waals surface area contributed by atoms with Gasteiger partial charge in [0, 0.05) is 31.4 Å². The van der Waals surface area contributed by atoms with Crippen molar-refractivity contribution < 1.29 is 18.3 Å². The van der Waals surface area contributed by atoms with Gasteiger partial charge in [-0.2, -0.15) is 0 Å². The van der Waals surface area contributed by atoms with Crippen molar-refractivity contribution in [3.05, 3.63) is 70.8 Å². The van der Waals surface area contributed by atoms with Gasteiger partial charge in [-0.3, -0.25) is 0 Å². The van der Waals surface area contributed by atoms with Gasteiger partial charge in [-0.15, -0.1) is 24.0 Å². The molecule has 0 spiro atoms. The van der Waals surface area contributed by atoms with Crippen molar-refractivity contribution in [2.24, 2.45) is 4.99 Å². The zero-order chi connectivity index (χ0) is 22.1. The minimum atomic E-state index is -0.588. The topological polar surface area (TPSA) is 54.9 Å². The van der Waals surface area contributed by atoms with Gasteiger partial charge < -0.3 is 20.1 Å². The first-order chi connectivity index (χ1) is 15.0. The molecule has 8 heteroatoms. The van der Waals surface area contributed by atoms with Crippen LogP contribution in [-0.2, 0) is 22.6 Å². The number of nitrogens with zero attached hydrogens (tertiary/aromatic N) is 1. The van der Waals surface area contributed by atoms with Gasteiger partial charge in [0.2, 0.25) is 0 Å². The predicted molar refractivity (Wildman–Crippen MR) is 133 cm³/mol. The molecular formula is C24H32F2IN3O2. The highest BCUT2D eigenvalue weighted by Crippen LogP contribution is 2.18. The van der Waals surface area contributed by atoms with Crippen LogP contribution < -0.4 is 10.6 Å². The van der Waals surface area contributed by atoms with Crippen molar-refractivity contribution in [1.29, 1.82) is 0 Å². The number of benzene rings is 2. The second-order valence-corrected chi connectivity index (χ2v) is 7.67. The minimum absolute atomic E-state index is 0. The van der Waals surface area contributed by atoms with E-state index in [4.69, 9.17) is 9.47 Å². The van der Waals surface area contributed by atoms with Crippen molar-refractivity contribution in [2.45, 2.75) is 52.0 Å². The van der Waals surface area contributed by atoms with Crippen molar-refractivity contribution in [3.8, 4) is 0 Å². The molecule has 0 radical (unpaired) electrons. The van der Waals surface area contributed by atoms with Crippen molar-refractivity contribution in [2.75, 3.05) is 19.8 Å². The molecule has 1 heterocycles. The lowest BCUT2D eigenvalue weighted by atomic mass is 10.1. The van der Waals surface area contributed by atoms with Gasteiger partial charge in [0.15, 0.2) is 5.96 Å². The second-order valence-electron chi connectivity index (χ2n) is 7.67. The van der Waals surface area contributed by atoms with Crippen LogP contribution in [0, 0.1) is 11.6 Å². The number of hydrogen-bond acceptors (Lipinski definition) is 3. The number of nitrogens with one attached hydrogen (secondary N) is 2. The van der Waals surface area contributed by atoms with E-state index in [2.05, 4.69) is 27.8 Å². The van der Waals surface area contributed by atoms with Crippen LogP contribution in [0.2, 0.25) is 0 Å². The predicted octanol–water partition coefficient (Wildman–Crippen LogP) is 5.09. The fourth-order valence-electron chi connectivity index (χ4n) is 3.50. The molecule has 2 aromatic carbocycles. The van der Waals surface area contributed by atoms with Gasteiger partial charge in [0.05, 0.1) is 25.3 Å². The van der Waals surface area contributed by atoms with Crippen LogP contribution in [0.3, 0.4) is 0 Å². The molecule has 1 saturated heterocycles. The SMILES string of the molecule is CCNC(=NCc1cccc(COC2CCOCC2)c1)NC(C)c1ccc(F)cc1F.I. The van der Waals surface area contributed by atoms with Gasteiger partial charge in [0.25, 0.3) is 0 Å². The molecule has 2 aromatic rings. The molecule has 1 atom stereocenters. The number of hydrogen-bond donors (Lipinski definition) is 2. The van der Waals surface area contributed by atoms with E-state index in [9.17, 15) is 8.78 Å². The molecule has 5 nitrogen and oxygen atoms in total. The van der Waals surface area contributed by atoms with E-state index in [-0.39, 0.29) is 36.1 Å². The molecule has 0 amide bonds. The summed E-state index contributed by atoms with van der Waals surface area (Å²) in [6.45, 7) is 7.02. The Hall–Kier alpha value is -1.78. The quantitative estimate of drug-likeness (QED) is 0.269. The van der Waals surface area contributed by atoms with E-state index in [0.717, 1.165) is 43.2 Å². The summed E-state index contributed by atoms with van der Waals surface area (Å²) in [4.78, 5) is 4.63. The van der Waals surface area contributed by atoms with E-state index in [1.165, 1.54) is 12.1 Å². The summed E-state index contributed by atoms with van der Waals surface area (Å²) in [5.74, 6) is -0.592. The van der Waals surface area contributed by atoms with Gasteiger partial charge in [-0.25, -0.2) is 13.8 Å². The monoisotopic (exact) mass is 559 g/mol. The fraction of sp³-hybridized carbons (Fsp3) is 0.458. The summed E-state index contributed by atoms with van der Waals surface area (Å²) < 4.78 is 38.6. The number of guanidine groups is 1. The highest BCUT2D eigenvalue weighted by atomic mass is 127. The van der Waals surface area contributed by atoms with Crippen LogP contribution in [0.25, 0.3) is 0 Å². The number of rotatable bonds is 8. The van der Waals surface area contributed by atoms with Gasteiger partial charge in [0.1, 0.15) is 11.6 Å². The number of halogens is 3. The zero-order valence-corrected chi connectivity index (χ0v) is 20.9. The Morgan fingerprint density at radius 1 is 1.16 bits per heavy atom. The summed E-state index contributed by atoms with van der Waals surface area (Å²) in [5.41, 5.74) is 2.56. The molecule has 176 valence electrons. The lowest BCUT2D eigenvalue weighted by Gasteiger charge is -2.22. The van der Waals surface area contributed by atoms with Crippen LogP contribution in [0.15, 0.2) is 47.5 Å². The second kappa shape index (κ2) is 13.7. The van der Waals surface area contributed by atoms with E-state index in [0.29, 0.717) is 31.2 Å². The van der Waals surface area contributed by atoms with Crippen molar-refractivity contribution in [1.82, 2.24) is 10.6 Å². The Morgan fingerprint density at radius 3 is 2.62 bits per heavy atom. The third kappa shape index (κ3) is 8.29. The molecule has 1 aliphatic rings. The Bertz CT molecular complexity index is 876. The third-order valence-corrected chi connectivity index (χ3v) is 5.19. The first-order valence-corrected chi connectivity index (χ1v) is 10.8. The molecule has 3 rings (SSSR count). The molecule has 0 aliphatic carbocycles. The summed E-state index contributed by atoms with van der Waals surface area (Å²) in [6.07, 6.45) is 2.14. The zero-order valence-electron chi connectivity index (χ0n) is 18.6. The van der Waals surface area contributed by atoms with Crippen LogP contribution in [-0.4, -0.2) is 31.8 Å². The maximum atomic E-state index is 14.1. The van der Waals surface area contributed by atoms with Crippen molar-refractivity contribution >= 4 is 29.9 Å². The molecule has 1 aliphatic heterocycles. The first kappa shape index (κ1) is 26.5. The Balaban J connectivity index is 0.00000363. The summed E-state index contributed by atoms with van der Waals surface area (Å²) in [5, 5.41) is 6.36. The Morgan fingerprint density at radius 2 is 1.91 bits per heavy atom. The minimum Gasteiger partial charge on any atom is -0.381 e. The molecule has 1 fully saturated rings. The normalized spacial score (nSPS) is 15.7. The van der Waals surface area contributed by atoms with Crippen LogP contribution >= 0.6 is 24.0 Å². The average Bonchev–Trinajstić information content (AvgIpc) is 2.77. The summed E-state index contributed by atoms with van der Waals surface area (Å²) in [6, 6.07) is 11.4. The smallest absolute Gasteiger partial charge is 0.192 e. The van der Waals surface area contributed by atoms with Crippen LogP contribution in [0.5, 0.6) is 0 Å². The fourth-order valence-corrected chi connectivity index (χ4v) is 3.50. The maximum absolute atomic E-state index is 14.1. The van der Waals surface area contributed by atoms with E-state index in [1.807, 2.05) is 26.0 Å². The molecule has 32 heavy (non-hydrogen) atoms. The molecular weight excluding hydrogens is 527 g/mol. The Labute approximate surface area is 206 Å². The number of ether oxygens (including phenoxy) is 2. The molecule has 0 bridgehead atoms. The van der Waals surface area contributed by atoms with Crippen LogP contribution in [0.1, 0.15) is 49.4 Å². The first-order valence-electron chi connectivity index (χ1n) is 10.8. The lowest BCUT2D eigenvalue weighted by Crippen LogP contribution is -2.39. The third-order valence-electron chi connectivity index (χ3n) is 5.19. The van der Waals surface area contributed by atoms with E-state index < -0.39 is 11.6 Å². The standard InChI is InChI=1S/C24H31F2N3O2.HI/c1-3-27-24(29-17(2)22-8-7-20(25)14-23(22)26)28-15-18-5-4-6-19(13-18)16-31-21-9-11-30-12-10-21;/h4-8,13-14,17,21H,3,9-12,15-16H2,1-2H3,(H2,27,28,29);1H. The van der Waals surface area contributed by atoms with Gasteiger partial charge >= 0.3 is 0 Å². The molecule has 0 saturated carbocycles. The molecule has 1 unspecified atom stereocenters. The maximum Gasteiger partial charge on any atom is 0.192 e. The van der Waals surface area contributed by atoms with Gasteiger partial charge in [-0.05, 0) is 43.9 Å². The number of aliphatic imine (C=N–C) groups is 1. The Kier molecular flexibility index (Phi) is 11.3. The summed E-state index contributed by atoms with van der Waals surface area (Å²) in [7, 11) is 0. The van der Waals surface area contributed by atoms with Gasteiger partial charge in [-0.1, -0.05) is 30.3 Å². The highest BCUT2D eigenvalue weighted by Gasteiger charge is 2.15. The summed E-state index contributed by atoms with van der Waals surface area (Å²) >= 11 is 0. The highest BCUT2D eigenvalue weighted by molar-refractivity contribution is 14.0. The molecule has 0 aromatic heterocycles. The average molecular weight is 559 g/mol. The molecule has 2 N–H and O–H groups in total. The van der Waals surface area contributed by atoms with Crippen molar-refractivity contribution in [3.63, 3.8) is 0 Å². The van der Waals surface area contributed by atoms with E-state index in [1.54, 1.807) is 0 Å². The largest absolute Gasteiger partial charge is 0.381 e. The lowest BCUT2D eigenvalue weighted by molar-refractivity contribution is -0.0390. The van der Waals surface area contributed by atoms with E-state index >= 15 is 0 Å².